The fourth-order valence-corrected chi connectivity index (χ4v) is 1.69. The summed E-state index contributed by atoms with van der Waals surface area (Å²) in [5.74, 6) is -0.949. The molecule has 2 rings (SSSR count). The number of nitrogens with one attached hydrogen (secondary N) is 1. The molecule has 0 heterocycles. The van der Waals surface area contributed by atoms with Gasteiger partial charge in [0, 0.05) is 11.3 Å². The molecule has 0 aromatic heterocycles. The Morgan fingerprint density at radius 1 is 1.11 bits per heavy atom. The van der Waals surface area contributed by atoms with Crippen LogP contribution in [0, 0.1) is 19.7 Å². The van der Waals surface area contributed by atoms with E-state index < -0.39 is 5.82 Å². The van der Waals surface area contributed by atoms with Gasteiger partial charge in [-0.25, -0.2) is 4.39 Å². The van der Waals surface area contributed by atoms with E-state index in [0.29, 0.717) is 5.69 Å². The Kier molecular flexibility index (Phi) is 3.51. The van der Waals surface area contributed by atoms with E-state index in [9.17, 15) is 9.18 Å². The molecular weight excluding hydrogens is 243 g/mol. The zero-order valence-electron chi connectivity index (χ0n) is 10.8. The predicted octanol–water partition coefficient (Wildman–Crippen LogP) is 3.28. The van der Waals surface area contributed by atoms with Crippen LogP contribution in [0.5, 0.6) is 0 Å². The van der Waals surface area contributed by atoms with Gasteiger partial charge in [-0.05, 0) is 55.3 Å². The number of nitrogen functional groups attached to an aromatic ring is 1. The molecule has 1 amide bonds. The molecule has 0 bridgehead atoms. The summed E-state index contributed by atoms with van der Waals surface area (Å²) in [5, 5.41) is 2.73. The zero-order valence-corrected chi connectivity index (χ0v) is 10.8. The number of carbonyl (C=O) groups is 1. The quantitative estimate of drug-likeness (QED) is 0.812. The number of hydrogen-bond donors (Lipinski definition) is 2. The lowest BCUT2D eigenvalue weighted by Gasteiger charge is -2.08. The van der Waals surface area contributed by atoms with Crippen molar-refractivity contribution in [3.63, 3.8) is 0 Å². The Bertz CT molecular complexity index is 638. The molecular formula is C15H15FN2O. The molecule has 0 fully saturated rings. The summed E-state index contributed by atoms with van der Waals surface area (Å²) >= 11 is 0. The van der Waals surface area contributed by atoms with Crippen LogP contribution in [0.15, 0.2) is 36.4 Å². The van der Waals surface area contributed by atoms with Crippen molar-refractivity contribution < 1.29 is 9.18 Å². The van der Waals surface area contributed by atoms with E-state index >= 15 is 0 Å². The van der Waals surface area contributed by atoms with Crippen molar-refractivity contribution in [2.45, 2.75) is 13.8 Å². The van der Waals surface area contributed by atoms with Crippen LogP contribution in [-0.4, -0.2) is 5.91 Å². The van der Waals surface area contributed by atoms with Gasteiger partial charge < -0.3 is 11.1 Å². The molecule has 4 heteroatoms. The van der Waals surface area contributed by atoms with Gasteiger partial charge in [-0.1, -0.05) is 6.07 Å². The Morgan fingerprint density at radius 2 is 1.84 bits per heavy atom. The van der Waals surface area contributed by atoms with Crippen molar-refractivity contribution in [2.24, 2.45) is 0 Å². The lowest BCUT2D eigenvalue weighted by atomic mass is 10.1. The zero-order chi connectivity index (χ0) is 14.0. The number of carbonyl (C=O) groups excluding carboxylic acids is 1. The van der Waals surface area contributed by atoms with Crippen LogP contribution < -0.4 is 11.1 Å². The average Bonchev–Trinajstić information content (AvgIpc) is 2.37. The lowest BCUT2D eigenvalue weighted by molar-refractivity contribution is 0.102. The molecule has 2 aromatic carbocycles. The van der Waals surface area contributed by atoms with Crippen molar-refractivity contribution in [2.75, 3.05) is 11.1 Å². The van der Waals surface area contributed by atoms with Gasteiger partial charge in [0.05, 0.1) is 5.69 Å². The Hall–Kier alpha value is -2.36. The average molecular weight is 258 g/mol. The highest BCUT2D eigenvalue weighted by Gasteiger charge is 2.09. The minimum absolute atomic E-state index is 0.0303. The minimum Gasteiger partial charge on any atom is -0.396 e. The molecule has 0 aliphatic rings. The number of anilines is 2. The Labute approximate surface area is 111 Å². The highest BCUT2D eigenvalue weighted by Crippen LogP contribution is 2.17. The number of benzene rings is 2. The molecule has 0 aliphatic heterocycles. The molecule has 0 unspecified atom stereocenters. The molecule has 0 atom stereocenters. The fraction of sp³-hybridized carbons (Fsp3) is 0.133. The van der Waals surface area contributed by atoms with E-state index in [2.05, 4.69) is 5.32 Å². The smallest absolute Gasteiger partial charge is 0.255 e. The maximum absolute atomic E-state index is 13.3. The molecule has 0 aliphatic carbocycles. The molecule has 0 saturated heterocycles. The highest BCUT2D eigenvalue weighted by atomic mass is 19.1. The van der Waals surface area contributed by atoms with E-state index in [1.54, 1.807) is 0 Å². The van der Waals surface area contributed by atoms with E-state index in [1.807, 2.05) is 32.0 Å². The van der Waals surface area contributed by atoms with E-state index in [4.69, 9.17) is 5.73 Å². The van der Waals surface area contributed by atoms with Crippen molar-refractivity contribution >= 4 is 17.3 Å². The number of halogens is 1. The number of rotatable bonds is 2. The molecule has 0 saturated carbocycles. The van der Waals surface area contributed by atoms with Crippen LogP contribution in [0.2, 0.25) is 0 Å². The summed E-state index contributed by atoms with van der Waals surface area (Å²) in [6, 6.07) is 9.62. The molecule has 98 valence electrons. The first-order valence-electron chi connectivity index (χ1n) is 5.91. The lowest BCUT2D eigenvalue weighted by Crippen LogP contribution is -2.12. The molecule has 0 spiro atoms. The van der Waals surface area contributed by atoms with Gasteiger partial charge in [0.15, 0.2) is 0 Å². The van der Waals surface area contributed by atoms with Crippen molar-refractivity contribution in [1.29, 1.82) is 0 Å². The summed E-state index contributed by atoms with van der Waals surface area (Å²) in [7, 11) is 0. The Morgan fingerprint density at radius 3 is 2.47 bits per heavy atom. The van der Waals surface area contributed by atoms with Crippen LogP contribution in [0.25, 0.3) is 0 Å². The molecule has 0 radical (unpaired) electrons. The fourth-order valence-electron chi connectivity index (χ4n) is 1.69. The van der Waals surface area contributed by atoms with Crippen LogP contribution in [0.4, 0.5) is 15.8 Å². The van der Waals surface area contributed by atoms with Crippen molar-refractivity contribution in [3.8, 4) is 0 Å². The van der Waals surface area contributed by atoms with Crippen LogP contribution >= 0.6 is 0 Å². The Balaban J connectivity index is 2.20. The summed E-state index contributed by atoms with van der Waals surface area (Å²) < 4.78 is 13.3. The normalized spacial score (nSPS) is 10.3. The van der Waals surface area contributed by atoms with Crippen molar-refractivity contribution in [3.05, 3.63) is 58.9 Å². The van der Waals surface area contributed by atoms with Gasteiger partial charge in [-0.2, -0.15) is 0 Å². The van der Waals surface area contributed by atoms with Crippen molar-refractivity contribution in [1.82, 2.24) is 0 Å². The van der Waals surface area contributed by atoms with Gasteiger partial charge in [0.1, 0.15) is 5.82 Å². The largest absolute Gasteiger partial charge is 0.396 e. The number of aryl methyl sites for hydroxylation is 2. The third-order valence-electron chi connectivity index (χ3n) is 3.03. The van der Waals surface area contributed by atoms with Gasteiger partial charge >= 0.3 is 0 Å². The molecule has 2 aromatic rings. The van der Waals surface area contributed by atoms with E-state index in [1.165, 1.54) is 12.1 Å². The SMILES string of the molecule is Cc1ccc(NC(=O)c2ccc(N)c(F)c2)cc1C. The van der Waals surface area contributed by atoms with E-state index in [0.717, 1.165) is 17.2 Å². The van der Waals surface area contributed by atoms with Gasteiger partial charge in [0.2, 0.25) is 0 Å². The van der Waals surface area contributed by atoms with Gasteiger partial charge in [0.25, 0.3) is 5.91 Å². The maximum atomic E-state index is 13.3. The summed E-state index contributed by atoms with van der Waals surface area (Å²) in [6.07, 6.45) is 0. The second-order valence-electron chi connectivity index (χ2n) is 4.49. The second kappa shape index (κ2) is 5.10. The minimum atomic E-state index is -0.590. The monoisotopic (exact) mass is 258 g/mol. The standard InChI is InChI=1S/C15H15FN2O/c1-9-3-5-12(7-10(9)2)18-15(19)11-4-6-14(17)13(16)8-11/h3-8H,17H2,1-2H3,(H,18,19). The van der Waals surface area contributed by atoms with Gasteiger partial charge in [-0.3, -0.25) is 4.79 Å². The maximum Gasteiger partial charge on any atom is 0.255 e. The third-order valence-corrected chi connectivity index (χ3v) is 3.03. The first-order valence-corrected chi connectivity index (χ1v) is 5.91. The van der Waals surface area contributed by atoms with Crippen LogP contribution in [0.3, 0.4) is 0 Å². The molecule has 19 heavy (non-hydrogen) atoms. The number of hydrogen-bond acceptors (Lipinski definition) is 2. The topological polar surface area (TPSA) is 55.1 Å². The first kappa shape index (κ1) is 13.1. The summed E-state index contributed by atoms with van der Waals surface area (Å²) in [4.78, 5) is 12.0. The van der Waals surface area contributed by atoms with E-state index in [-0.39, 0.29) is 17.2 Å². The van der Waals surface area contributed by atoms with Crippen LogP contribution in [0.1, 0.15) is 21.5 Å². The predicted molar refractivity (Wildman–Crippen MR) is 74.7 cm³/mol. The van der Waals surface area contributed by atoms with Gasteiger partial charge in [-0.15, -0.1) is 0 Å². The molecule has 3 N–H and O–H groups in total. The summed E-state index contributed by atoms with van der Waals surface area (Å²) in [6.45, 7) is 3.96. The molecule has 3 nitrogen and oxygen atoms in total. The number of nitrogens with two attached hydrogens (primary N) is 1. The second-order valence-corrected chi connectivity index (χ2v) is 4.49. The first-order chi connectivity index (χ1) is 8.97. The van der Waals surface area contributed by atoms with Crippen LogP contribution in [-0.2, 0) is 0 Å². The highest BCUT2D eigenvalue weighted by molar-refractivity contribution is 6.04. The number of amides is 1. The third kappa shape index (κ3) is 2.91. The summed E-state index contributed by atoms with van der Waals surface area (Å²) in [5.41, 5.74) is 8.56.